The van der Waals surface area contributed by atoms with Gasteiger partial charge in [-0.1, -0.05) is 31.4 Å². The SMILES string of the molecule is O=C(O)c1ccccc1C(=O)NC1C[CH]CCCC1. The van der Waals surface area contributed by atoms with E-state index in [2.05, 4.69) is 11.7 Å². The molecule has 1 fully saturated rings. The van der Waals surface area contributed by atoms with E-state index < -0.39 is 5.97 Å². The van der Waals surface area contributed by atoms with Gasteiger partial charge in [-0.3, -0.25) is 4.79 Å². The Kier molecular flexibility index (Phi) is 4.55. The second-order valence-electron chi connectivity index (χ2n) is 4.83. The van der Waals surface area contributed by atoms with Crippen molar-refractivity contribution >= 4 is 11.9 Å². The largest absolute Gasteiger partial charge is 0.478 e. The van der Waals surface area contributed by atoms with Crippen LogP contribution in [0.4, 0.5) is 0 Å². The first-order valence-electron chi connectivity index (χ1n) is 6.63. The summed E-state index contributed by atoms with van der Waals surface area (Å²) in [6, 6.07) is 6.44. The molecule has 1 unspecified atom stereocenters. The van der Waals surface area contributed by atoms with E-state index in [9.17, 15) is 9.59 Å². The molecule has 4 heteroatoms. The predicted molar refractivity (Wildman–Crippen MR) is 72.0 cm³/mol. The molecule has 4 nitrogen and oxygen atoms in total. The number of carbonyl (C=O) groups excluding carboxylic acids is 1. The number of amides is 1. The first kappa shape index (κ1) is 13.6. The number of hydrogen-bond donors (Lipinski definition) is 2. The van der Waals surface area contributed by atoms with Crippen LogP contribution in [0.25, 0.3) is 0 Å². The van der Waals surface area contributed by atoms with E-state index in [1.165, 1.54) is 6.07 Å². The molecule has 2 rings (SSSR count). The Morgan fingerprint density at radius 1 is 1.16 bits per heavy atom. The molecule has 1 saturated carbocycles. The van der Waals surface area contributed by atoms with E-state index in [0.717, 1.165) is 32.1 Å². The van der Waals surface area contributed by atoms with Gasteiger partial charge in [0.1, 0.15) is 0 Å². The average molecular weight is 260 g/mol. The molecule has 19 heavy (non-hydrogen) atoms. The van der Waals surface area contributed by atoms with Crippen molar-refractivity contribution in [3.05, 3.63) is 41.8 Å². The first-order valence-corrected chi connectivity index (χ1v) is 6.63. The maximum absolute atomic E-state index is 12.2. The molecule has 0 aliphatic heterocycles. The summed E-state index contributed by atoms with van der Waals surface area (Å²) in [4.78, 5) is 23.2. The maximum atomic E-state index is 12.2. The number of carboxylic acid groups (broad SMARTS) is 1. The molecule has 0 heterocycles. The molecule has 1 aliphatic carbocycles. The Labute approximate surface area is 112 Å². The summed E-state index contributed by atoms with van der Waals surface area (Å²) in [6.45, 7) is 0. The molecule has 0 spiro atoms. The summed E-state index contributed by atoms with van der Waals surface area (Å²) in [7, 11) is 0. The van der Waals surface area contributed by atoms with Crippen LogP contribution in [0, 0.1) is 6.42 Å². The van der Waals surface area contributed by atoms with Crippen molar-refractivity contribution in [3.63, 3.8) is 0 Å². The number of hydrogen-bond acceptors (Lipinski definition) is 2. The van der Waals surface area contributed by atoms with Crippen LogP contribution in [-0.2, 0) is 0 Å². The van der Waals surface area contributed by atoms with Gasteiger partial charge in [0.25, 0.3) is 5.91 Å². The normalized spacial score (nSPS) is 16.6. The van der Waals surface area contributed by atoms with Gasteiger partial charge in [0.05, 0.1) is 11.1 Å². The van der Waals surface area contributed by atoms with E-state index in [0.29, 0.717) is 0 Å². The average Bonchev–Trinajstić information content (AvgIpc) is 2.67. The number of rotatable bonds is 3. The van der Waals surface area contributed by atoms with Crippen LogP contribution in [0.3, 0.4) is 0 Å². The fraction of sp³-hybridized carbons (Fsp3) is 0.400. The van der Waals surface area contributed by atoms with Gasteiger partial charge in [-0.05, 0) is 31.4 Å². The quantitative estimate of drug-likeness (QED) is 0.821. The number of aromatic carboxylic acids is 1. The van der Waals surface area contributed by atoms with Gasteiger partial charge in [0.15, 0.2) is 0 Å². The van der Waals surface area contributed by atoms with Crippen molar-refractivity contribution in [2.45, 2.75) is 38.1 Å². The smallest absolute Gasteiger partial charge is 0.336 e. The lowest BCUT2D eigenvalue weighted by Gasteiger charge is -2.16. The highest BCUT2D eigenvalue weighted by Crippen LogP contribution is 2.17. The third-order valence-corrected chi connectivity index (χ3v) is 3.40. The lowest BCUT2D eigenvalue weighted by Crippen LogP contribution is -2.35. The van der Waals surface area contributed by atoms with E-state index in [-0.39, 0.29) is 23.1 Å². The first-order chi connectivity index (χ1) is 9.18. The minimum Gasteiger partial charge on any atom is -0.478 e. The molecular formula is C15H18NO3. The van der Waals surface area contributed by atoms with Gasteiger partial charge in [-0.15, -0.1) is 0 Å². The molecule has 1 amide bonds. The van der Waals surface area contributed by atoms with Crippen LogP contribution in [0.1, 0.15) is 52.8 Å². The molecule has 1 aromatic rings. The summed E-state index contributed by atoms with van der Waals surface area (Å²) in [5.74, 6) is -1.36. The van der Waals surface area contributed by atoms with Gasteiger partial charge in [-0.2, -0.15) is 0 Å². The Bertz CT molecular complexity index is 462. The number of benzene rings is 1. The fourth-order valence-corrected chi connectivity index (χ4v) is 2.38. The molecule has 1 aromatic carbocycles. The summed E-state index contributed by atoms with van der Waals surface area (Å²) in [5.41, 5.74) is 0.289. The molecule has 0 aromatic heterocycles. The number of carbonyl (C=O) groups is 2. The van der Waals surface area contributed by atoms with Crippen molar-refractivity contribution in [2.75, 3.05) is 0 Å². The summed E-state index contributed by atoms with van der Waals surface area (Å²) in [6.07, 6.45) is 7.37. The Hall–Kier alpha value is -1.84. The summed E-state index contributed by atoms with van der Waals surface area (Å²) in [5, 5.41) is 12.0. The Morgan fingerprint density at radius 3 is 2.63 bits per heavy atom. The second kappa shape index (κ2) is 6.36. The van der Waals surface area contributed by atoms with Gasteiger partial charge in [0, 0.05) is 6.04 Å². The minimum absolute atomic E-state index is 0.0533. The topological polar surface area (TPSA) is 66.4 Å². The minimum atomic E-state index is -1.07. The van der Waals surface area contributed by atoms with E-state index >= 15 is 0 Å². The van der Waals surface area contributed by atoms with Crippen LogP contribution in [0.15, 0.2) is 24.3 Å². The van der Waals surface area contributed by atoms with Crippen molar-refractivity contribution in [2.24, 2.45) is 0 Å². The van der Waals surface area contributed by atoms with Crippen molar-refractivity contribution in [1.82, 2.24) is 5.32 Å². The molecule has 1 aliphatic rings. The van der Waals surface area contributed by atoms with Gasteiger partial charge in [0.2, 0.25) is 0 Å². The zero-order valence-corrected chi connectivity index (χ0v) is 10.8. The van der Waals surface area contributed by atoms with E-state index in [1.54, 1.807) is 18.2 Å². The van der Waals surface area contributed by atoms with Crippen molar-refractivity contribution in [3.8, 4) is 0 Å². The summed E-state index contributed by atoms with van der Waals surface area (Å²) < 4.78 is 0. The van der Waals surface area contributed by atoms with Crippen LogP contribution in [0.5, 0.6) is 0 Å². The summed E-state index contributed by atoms with van der Waals surface area (Å²) >= 11 is 0. The molecule has 0 bridgehead atoms. The number of carboxylic acids is 1. The lowest BCUT2D eigenvalue weighted by atomic mass is 10.0. The van der Waals surface area contributed by atoms with Crippen molar-refractivity contribution in [1.29, 1.82) is 0 Å². The monoisotopic (exact) mass is 260 g/mol. The highest BCUT2D eigenvalue weighted by molar-refractivity contribution is 6.04. The Balaban J connectivity index is 2.09. The fourth-order valence-electron chi connectivity index (χ4n) is 2.38. The van der Waals surface area contributed by atoms with E-state index in [1.807, 2.05) is 0 Å². The zero-order chi connectivity index (χ0) is 13.7. The highest BCUT2D eigenvalue weighted by Gasteiger charge is 2.19. The molecule has 0 saturated heterocycles. The Morgan fingerprint density at radius 2 is 1.89 bits per heavy atom. The zero-order valence-electron chi connectivity index (χ0n) is 10.8. The molecule has 1 radical (unpaired) electrons. The molecule has 2 N–H and O–H groups in total. The van der Waals surface area contributed by atoms with Crippen molar-refractivity contribution < 1.29 is 14.7 Å². The standard InChI is InChI=1S/C15H18NO3/c17-14(16-11-7-3-1-2-4-8-11)12-9-5-6-10-13(12)15(18)19/h3,5-6,9-11H,1-2,4,7-8H2,(H,16,17)(H,18,19). The van der Waals surface area contributed by atoms with Gasteiger partial charge in [-0.25, -0.2) is 4.79 Å². The van der Waals surface area contributed by atoms with Gasteiger partial charge >= 0.3 is 5.97 Å². The molecule has 1 atom stereocenters. The third-order valence-electron chi connectivity index (χ3n) is 3.40. The second-order valence-corrected chi connectivity index (χ2v) is 4.83. The van der Waals surface area contributed by atoms with Crippen LogP contribution < -0.4 is 5.32 Å². The maximum Gasteiger partial charge on any atom is 0.336 e. The van der Waals surface area contributed by atoms with E-state index in [4.69, 9.17) is 5.11 Å². The van der Waals surface area contributed by atoms with Gasteiger partial charge < -0.3 is 10.4 Å². The molecular weight excluding hydrogens is 242 g/mol. The number of nitrogens with one attached hydrogen (secondary N) is 1. The lowest BCUT2D eigenvalue weighted by molar-refractivity contribution is 0.0690. The van der Waals surface area contributed by atoms with Crippen LogP contribution >= 0.6 is 0 Å². The highest BCUT2D eigenvalue weighted by atomic mass is 16.4. The molecule has 101 valence electrons. The van der Waals surface area contributed by atoms with Crippen LogP contribution in [0.2, 0.25) is 0 Å². The third kappa shape index (κ3) is 3.56. The van der Waals surface area contributed by atoms with Crippen LogP contribution in [-0.4, -0.2) is 23.0 Å². The predicted octanol–water partition coefficient (Wildman–Crippen LogP) is 2.65.